The Morgan fingerprint density at radius 2 is 1.90 bits per heavy atom. The van der Waals surface area contributed by atoms with Crippen LogP contribution in [0.25, 0.3) is 0 Å². The van der Waals surface area contributed by atoms with E-state index in [-0.39, 0.29) is 11.7 Å². The molecule has 0 aromatic rings. The molecule has 0 heterocycles. The molecule has 0 spiro atoms. The van der Waals surface area contributed by atoms with Gasteiger partial charge in [-0.3, -0.25) is 9.59 Å². The number of allylic oxidation sites excluding steroid dienone is 2. The van der Waals surface area contributed by atoms with Gasteiger partial charge >= 0.3 is 0 Å². The molecule has 0 aromatic carbocycles. The standard InChI is InChI=1S/C8H12O2/c1-6(5-9)4-7(2)8(3)10/h4-5,7H,1-3H3/b6-4-. The number of aldehydes is 1. The molecule has 0 rings (SSSR count). The minimum absolute atomic E-state index is 0.0844. The van der Waals surface area contributed by atoms with Crippen LogP contribution in [0.4, 0.5) is 0 Å². The number of rotatable bonds is 3. The normalized spacial score (nSPS) is 14.5. The smallest absolute Gasteiger partial charge is 0.145 e. The third kappa shape index (κ3) is 3.17. The van der Waals surface area contributed by atoms with Crippen LogP contribution in [0.3, 0.4) is 0 Å². The molecule has 0 aromatic heterocycles. The minimum Gasteiger partial charge on any atom is -0.299 e. The number of carbonyl (C=O) groups excluding carboxylic acids is 2. The highest BCUT2D eigenvalue weighted by atomic mass is 16.1. The molecule has 0 bridgehead atoms. The monoisotopic (exact) mass is 140 g/mol. The number of hydrogen-bond donors (Lipinski definition) is 0. The van der Waals surface area contributed by atoms with Gasteiger partial charge in [-0.15, -0.1) is 0 Å². The molecule has 56 valence electrons. The molecule has 0 saturated carbocycles. The first-order chi connectivity index (χ1) is 4.57. The van der Waals surface area contributed by atoms with Gasteiger partial charge in [0.05, 0.1) is 0 Å². The molecule has 10 heavy (non-hydrogen) atoms. The summed E-state index contributed by atoms with van der Waals surface area (Å²) in [5.41, 5.74) is 0.614. The fraction of sp³-hybridized carbons (Fsp3) is 0.500. The van der Waals surface area contributed by atoms with Crippen molar-refractivity contribution in [3.63, 3.8) is 0 Å². The summed E-state index contributed by atoms with van der Waals surface area (Å²) < 4.78 is 0. The molecule has 2 nitrogen and oxygen atoms in total. The molecule has 0 fully saturated rings. The summed E-state index contributed by atoms with van der Waals surface area (Å²) in [6.07, 6.45) is 2.41. The average Bonchev–Trinajstić information content (AvgIpc) is 1.87. The van der Waals surface area contributed by atoms with E-state index in [0.717, 1.165) is 6.29 Å². The lowest BCUT2D eigenvalue weighted by molar-refractivity contribution is -0.118. The second-order valence-electron chi connectivity index (χ2n) is 2.43. The Morgan fingerprint density at radius 1 is 1.40 bits per heavy atom. The molecule has 0 N–H and O–H groups in total. The summed E-state index contributed by atoms with van der Waals surface area (Å²) in [4.78, 5) is 20.7. The molecule has 0 aliphatic heterocycles. The van der Waals surface area contributed by atoms with Gasteiger partial charge in [-0.2, -0.15) is 0 Å². The summed E-state index contributed by atoms with van der Waals surface area (Å²) in [5.74, 6) is -0.0496. The highest BCUT2D eigenvalue weighted by molar-refractivity contribution is 5.82. The van der Waals surface area contributed by atoms with Gasteiger partial charge in [0, 0.05) is 5.92 Å². The molecular formula is C8H12O2. The van der Waals surface area contributed by atoms with Gasteiger partial charge in [0.2, 0.25) is 0 Å². The quantitative estimate of drug-likeness (QED) is 0.438. The summed E-state index contributed by atoms with van der Waals surface area (Å²) in [6, 6.07) is 0. The molecule has 0 radical (unpaired) electrons. The van der Waals surface area contributed by atoms with E-state index in [1.807, 2.05) is 0 Å². The van der Waals surface area contributed by atoms with Crippen LogP contribution in [0.1, 0.15) is 20.8 Å². The van der Waals surface area contributed by atoms with E-state index in [2.05, 4.69) is 0 Å². The van der Waals surface area contributed by atoms with Crippen LogP contribution in [-0.2, 0) is 9.59 Å². The highest BCUT2D eigenvalue weighted by Crippen LogP contribution is 2.01. The molecule has 2 heteroatoms. The van der Waals surface area contributed by atoms with Crippen LogP contribution in [0.5, 0.6) is 0 Å². The zero-order valence-corrected chi connectivity index (χ0v) is 6.55. The third-order valence-electron chi connectivity index (χ3n) is 1.34. The number of carbonyl (C=O) groups is 2. The lowest BCUT2D eigenvalue weighted by Crippen LogP contribution is -2.03. The van der Waals surface area contributed by atoms with Crippen LogP contribution in [0.2, 0.25) is 0 Å². The first-order valence-corrected chi connectivity index (χ1v) is 3.22. The Labute approximate surface area is 60.9 Å². The Morgan fingerprint density at radius 3 is 2.20 bits per heavy atom. The fourth-order valence-corrected chi connectivity index (χ4v) is 0.551. The SMILES string of the molecule is CC(=O)C(C)/C=C(/C)C=O. The van der Waals surface area contributed by atoms with Crippen molar-refractivity contribution in [1.29, 1.82) is 0 Å². The van der Waals surface area contributed by atoms with Gasteiger partial charge in [0.15, 0.2) is 0 Å². The van der Waals surface area contributed by atoms with Crippen molar-refractivity contribution in [2.24, 2.45) is 5.92 Å². The Bertz CT molecular complexity index is 168. The first-order valence-electron chi connectivity index (χ1n) is 3.22. The lowest BCUT2D eigenvalue weighted by Gasteiger charge is -1.98. The molecule has 1 unspecified atom stereocenters. The van der Waals surface area contributed by atoms with E-state index in [9.17, 15) is 9.59 Å². The van der Waals surface area contributed by atoms with E-state index < -0.39 is 0 Å². The molecule has 1 atom stereocenters. The topological polar surface area (TPSA) is 34.1 Å². The number of ketones is 1. The zero-order valence-electron chi connectivity index (χ0n) is 6.55. The number of Topliss-reactive ketones (excluding diaryl/α,β-unsaturated/α-hetero) is 1. The van der Waals surface area contributed by atoms with Gasteiger partial charge in [-0.25, -0.2) is 0 Å². The van der Waals surface area contributed by atoms with E-state index in [1.54, 1.807) is 19.9 Å². The summed E-state index contributed by atoms with van der Waals surface area (Å²) in [5, 5.41) is 0. The second kappa shape index (κ2) is 3.99. The second-order valence-corrected chi connectivity index (χ2v) is 2.43. The van der Waals surface area contributed by atoms with Crippen LogP contribution in [0, 0.1) is 5.92 Å². The molecule has 0 aliphatic rings. The van der Waals surface area contributed by atoms with Gasteiger partial charge in [-0.05, 0) is 19.4 Å². The van der Waals surface area contributed by atoms with Crippen molar-refractivity contribution in [3.05, 3.63) is 11.6 Å². The van der Waals surface area contributed by atoms with E-state index in [4.69, 9.17) is 0 Å². The van der Waals surface area contributed by atoms with Crippen molar-refractivity contribution in [1.82, 2.24) is 0 Å². The van der Waals surface area contributed by atoms with Crippen LogP contribution < -0.4 is 0 Å². The van der Waals surface area contributed by atoms with Crippen molar-refractivity contribution >= 4 is 12.1 Å². The summed E-state index contributed by atoms with van der Waals surface area (Å²) in [6.45, 7) is 4.97. The van der Waals surface area contributed by atoms with Gasteiger partial charge in [0.1, 0.15) is 12.1 Å². The average molecular weight is 140 g/mol. The van der Waals surface area contributed by atoms with Crippen molar-refractivity contribution in [2.45, 2.75) is 20.8 Å². The zero-order chi connectivity index (χ0) is 8.15. The molecule has 0 amide bonds. The van der Waals surface area contributed by atoms with E-state index >= 15 is 0 Å². The van der Waals surface area contributed by atoms with Gasteiger partial charge in [-0.1, -0.05) is 13.0 Å². The van der Waals surface area contributed by atoms with Gasteiger partial charge < -0.3 is 0 Å². The Kier molecular flexibility index (Phi) is 3.62. The Hall–Kier alpha value is -0.920. The fourth-order valence-electron chi connectivity index (χ4n) is 0.551. The Balaban J connectivity index is 4.11. The molecule has 0 aliphatic carbocycles. The maximum Gasteiger partial charge on any atom is 0.145 e. The van der Waals surface area contributed by atoms with Crippen molar-refractivity contribution in [3.8, 4) is 0 Å². The molecule has 0 saturated heterocycles. The predicted molar refractivity (Wildman–Crippen MR) is 39.7 cm³/mol. The van der Waals surface area contributed by atoms with Gasteiger partial charge in [0.25, 0.3) is 0 Å². The minimum atomic E-state index is -0.134. The van der Waals surface area contributed by atoms with Crippen LogP contribution in [0.15, 0.2) is 11.6 Å². The van der Waals surface area contributed by atoms with E-state index in [1.165, 1.54) is 6.92 Å². The van der Waals surface area contributed by atoms with Crippen LogP contribution in [-0.4, -0.2) is 12.1 Å². The third-order valence-corrected chi connectivity index (χ3v) is 1.34. The first kappa shape index (κ1) is 9.08. The maximum absolute atomic E-state index is 10.6. The van der Waals surface area contributed by atoms with Crippen LogP contribution >= 0.6 is 0 Å². The lowest BCUT2D eigenvalue weighted by atomic mass is 10.1. The predicted octanol–water partition coefficient (Wildman–Crippen LogP) is 1.36. The van der Waals surface area contributed by atoms with Crippen molar-refractivity contribution < 1.29 is 9.59 Å². The highest BCUT2D eigenvalue weighted by Gasteiger charge is 2.02. The largest absolute Gasteiger partial charge is 0.299 e. The molecular weight excluding hydrogens is 128 g/mol. The maximum atomic E-state index is 10.6. The van der Waals surface area contributed by atoms with E-state index in [0.29, 0.717) is 5.57 Å². The summed E-state index contributed by atoms with van der Waals surface area (Å²) in [7, 11) is 0. The number of hydrogen-bond acceptors (Lipinski definition) is 2. The van der Waals surface area contributed by atoms with Crippen molar-refractivity contribution in [2.75, 3.05) is 0 Å². The summed E-state index contributed by atoms with van der Waals surface area (Å²) >= 11 is 0.